The van der Waals surface area contributed by atoms with Crippen molar-refractivity contribution in [1.82, 2.24) is 31.2 Å². The van der Waals surface area contributed by atoms with Gasteiger partial charge in [0.1, 0.15) is 11.9 Å². The molecule has 3 atom stereocenters. The second-order valence-electron chi connectivity index (χ2n) is 9.18. The van der Waals surface area contributed by atoms with Gasteiger partial charge in [-0.3, -0.25) is 0 Å². The fourth-order valence-electron chi connectivity index (χ4n) is 4.64. The predicted octanol–water partition coefficient (Wildman–Crippen LogP) is 4.65. The third-order valence-corrected chi connectivity index (χ3v) is 6.59. The summed E-state index contributed by atoms with van der Waals surface area (Å²) in [6.45, 7) is 4.06. The zero-order valence-electron chi connectivity index (χ0n) is 22.6. The lowest BCUT2D eigenvalue weighted by molar-refractivity contribution is -0.224. The Labute approximate surface area is 231 Å². The van der Waals surface area contributed by atoms with Gasteiger partial charge in [-0.2, -0.15) is 36.6 Å². The fraction of sp³-hybridized carbons (Fsp3) is 0.480. The van der Waals surface area contributed by atoms with E-state index in [0.717, 1.165) is 0 Å². The van der Waals surface area contributed by atoms with Crippen LogP contribution < -0.4 is 10.9 Å². The summed E-state index contributed by atoms with van der Waals surface area (Å²) in [4.78, 5) is 1.80. The first-order valence-corrected chi connectivity index (χ1v) is 12.7. The highest BCUT2D eigenvalue weighted by molar-refractivity contribution is 5.80. The summed E-state index contributed by atoms with van der Waals surface area (Å²) in [6, 6.07) is 5.97. The standard InChI is InChI=1S/C25H30F7N7O2/c1-5-37-35-23(38(33-3)39(37)34-4)36-10-11-40-22(21(36)16-6-8-20(26)9-7-16)41-15(2)17-12-18(24(27,28)29)14-19(13-17)25(30,31)32/h6-9,12-15,21-22,33-34H,5,10-11H2,1-4H3/t15-,21+,22-/m1/s1. The number of hydrogen-bond acceptors (Lipinski definition) is 9. The van der Waals surface area contributed by atoms with Gasteiger partial charge in [0.15, 0.2) is 6.29 Å². The quantitative estimate of drug-likeness (QED) is 0.450. The third-order valence-electron chi connectivity index (χ3n) is 6.59. The number of nitrogens with one attached hydrogen (secondary N) is 2. The lowest BCUT2D eigenvalue weighted by atomic mass is 10.0. The number of rotatable bonds is 7. The first-order chi connectivity index (χ1) is 19.3. The smallest absolute Gasteiger partial charge is 0.348 e. The zero-order valence-corrected chi connectivity index (χ0v) is 22.6. The normalized spacial score (nSPS) is 21.4. The van der Waals surface area contributed by atoms with Gasteiger partial charge in [0.05, 0.1) is 30.4 Å². The molecule has 0 amide bonds. The van der Waals surface area contributed by atoms with Gasteiger partial charge in [0.25, 0.3) is 5.96 Å². The molecule has 2 aliphatic heterocycles. The highest BCUT2D eigenvalue weighted by atomic mass is 19.4. The minimum absolute atomic E-state index is 0.0634. The van der Waals surface area contributed by atoms with E-state index in [1.165, 1.54) is 31.2 Å². The van der Waals surface area contributed by atoms with E-state index in [4.69, 9.17) is 9.47 Å². The highest BCUT2D eigenvalue weighted by Crippen LogP contribution is 2.40. The van der Waals surface area contributed by atoms with Crippen LogP contribution in [0.25, 0.3) is 0 Å². The second-order valence-corrected chi connectivity index (χ2v) is 9.18. The summed E-state index contributed by atoms with van der Waals surface area (Å²) in [6.07, 6.45) is -12.5. The van der Waals surface area contributed by atoms with Crippen molar-refractivity contribution in [3.8, 4) is 0 Å². The summed E-state index contributed by atoms with van der Waals surface area (Å²) < 4.78 is 107. The van der Waals surface area contributed by atoms with Crippen LogP contribution in [0.3, 0.4) is 0 Å². The van der Waals surface area contributed by atoms with E-state index in [0.29, 0.717) is 30.2 Å². The fourth-order valence-corrected chi connectivity index (χ4v) is 4.64. The molecule has 2 N–H and O–H groups in total. The van der Waals surface area contributed by atoms with Gasteiger partial charge in [0.2, 0.25) is 0 Å². The molecule has 1 fully saturated rings. The minimum atomic E-state index is -5.01. The number of alkyl halides is 6. The van der Waals surface area contributed by atoms with E-state index in [1.807, 2.05) is 6.92 Å². The van der Waals surface area contributed by atoms with E-state index in [9.17, 15) is 30.7 Å². The number of hydrazone groups is 1. The Bertz CT molecular complexity index is 1190. The molecule has 2 aromatic rings. The molecule has 0 radical (unpaired) electrons. The Morgan fingerprint density at radius 2 is 1.61 bits per heavy atom. The molecule has 0 saturated carbocycles. The number of ether oxygens (including phenoxy) is 2. The average molecular weight is 594 g/mol. The van der Waals surface area contributed by atoms with Gasteiger partial charge in [-0.15, -0.1) is 5.10 Å². The molecule has 2 aromatic carbocycles. The number of guanidine groups is 1. The molecule has 1 saturated heterocycles. The Hall–Kier alpha value is -3.18. The Morgan fingerprint density at radius 3 is 2.12 bits per heavy atom. The molecule has 2 heterocycles. The Balaban J connectivity index is 1.73. The van der Waals surface area contributed by atoms with Crippen LogP contribution >= 0.6 is 0 Å². The Morgan fingerprint density at radius 1 is 1.00 bits per heavy atom. The van der Waals surface area contributed by atoms with Gasteiger partial charge in [-0.05, 0) is 60.5 Å². The molecule has 226 valence electrons. The van der Waals surface area contributed by atoms with Crippen molar-refractivity contribution < 1.29 is 40.2 Å². The van der Waals surface area contributed by atoms with E-state index >= 15 is 0 Å². The van der Waals surface area contributed by atoms with Gasteiger partial charge < -0.3 is 14.4 Å². The lowest BCUT2D eigenvalue weighted by Crippen LogP contribution is -2.62. The largest absolute Gasteiger partial charge is 0.416 e. The Kier molecular flexibility index (Phi) is 8.98. The maximum Gasteiger partial charge on any atom is 0.416 e. The predicted molar refractivity (Wildman–Crippen MR) is 133 cm³/mol. The topological polar surface area (TPSA) is 67.8 Å². The van der Waals surface area contributed by atoms with Crippen molar-refractivity contribution in [3.63, 3.8) is 0 Å². The number of halogens is 7. The van der Waals surface area contributed by atoms with Crippen LogP contribution in [-0.2, 0) is 21.8 Å². The number of morpholine rings is 1. The summed E-state index contributed by atoms with van der Waals surface area (Å²) in [7, 11) is 3.34. The van der Waals surface area contributed by atoms with Gasteiger partial charge >= 0.3 is 12.4 Å². The van der Waals surface area contributed by atoms with E-state index in [-0.39, 0.29) is 24.8 Å². The molecule has 2 aliphatic rings. The number of nitrogens with zero attached hydrogens (tertiary/aromatic N) is 5. The maximum atomic E-state index is 13.8. The van der Waals surface area contributed by atoms with Crippen LogP contribution in [-0.4, -0.2) is 66.4 Å². The summed E-state index contributed by atoms with van der Waals surface area (Å²) in [5.41, 5.74) is 3.28. The first kappa shape index (κ1) is 30.8. The minimum Gasteiger partial charge on any atom is -0.348 e. The summed E-state index contributed by atoms with van der Waals surface area (Å²) >= 11 is 0. The lowest BCUT2D eigenvalue weighted by Gasteiger charge is -2.44. The highest BCUT2D eigenvalue weighted by Gasteiger charge is 2.44. The van der Waals surface area contributed by atoms with Crippen molar-refractivity contribution in [2.45, 2.75) is 44.6 Å². The second kappa shape index (κ2) is 12.0. The SMILES string of the molecule is CCN1N=C(N2CCO[C@H](O[C@H](C)c3cc(C(F)(F)F)cc(C(F)(F)F)c3)[C@@H]2c2ccc(F)cc2)N(NC)N1NC. The van der Waals surface area contributed by atoms with Crippen molar-refractivity contribution in [3.05, 3.63) is 70.5 Å². The molecule has 0 aromatic heterocycles. The molecule has 9 nitrogen and oxygen atoms in total. The van der Waals surface area contributed by atoms with Crippen LogP contribution in [0.1, 0.15) is 48.2 Å². The van der Waals surface area contributed by atoms with E-state index in [1.54, 1.807) is 34.5 Å². The van der Waals surface area contributed by atoms with Crippen LogP contribution in [0.4, 0.5) is 30.7 Å². The molecule has 16 heteroatoms. The van der Waals surface area contributed by atoms with Crippen LogP contribution in [0.5, 0.6) is 0 Å². The number of hydrazine groups is 4. The molecular formula is C25H30F7N7O2. The molecule has 0 spiro atoms. The molecule has 4 rings (SSSR count). The van der Waals surface area contributed by atoms with Crippen molar-refractivity contribution >= 4 is 5.96 Å². The van der Waals surface area contributed by atoms with Crippen LogP contribution in [0, 0.1) is 5.82 Å². The van der Waals surface area contributed by atoms with Gasteiger partial charge in [-0.25, -0.2) is 15.2 Å². The molecular weight excluding hydrogens is 563 g/mol. The first-order valence-electron chi connectivity index (χ1n) is 12.7. The molecule has 0 unspecified atom stereocenters. The zero-order chi connectivity index (χ0) is 30.1. The average Bonchev–Trinajstić information content (AvgIpc) is 3.30. The monoisotopic (exact) mass is 593 g/mol. The molecule has 41 heavy (non-hydrogen) atoms. The molecule has 0 aliphatic carbocycles. The van der Waals surface area contributed by atoms with Crippen molar-refractivity contribution in [1.29, 1.82) is 0 Å². The van der Waals surface area contributed by atoms with Gasteiger partial charge in [0, 0.05) is 20.6 Å². The van der Waals surface area contributed by atoms with E-state index < -0.39 is 47.7 Å². The summed E-state index contributed by atoms with van der Waals surface area (Å²) in [5, 5.41) is 9.44. The maximum absolute atomic E-state index is 13.8. The van der Waals surface area contributed by atoms with Crippen LogP contribution in [0.2, 0.25) is 0 Å². The van der Waals surface area contributed by atoms with E-state index in [2.05, 4.69) is 16.0 Å². The number of benzene rings is 2. The number of hydrogen-bond donors (Lipinski definition) is 2. The van der Waals surface area contributed by atoms with Crippen LogP contribution in [0.15, 0.2) is 47.6 Å². The molecule has 0 bridgehead atoms. The summed E-state index contributed by atoms with van der Waals surface area (Å²) in [5.74, 6) is -0.110. The van der Waals surface area contributed by atoms with Gasteiger partial charge in [-0.1, -0.05) is 12.1 Å². The van der Waals surface area contributed by atoms with Crippen molar-refractivity contribution in [2.24, 2.45) is 5.10 Å². The van der Waals surface area contributed by atoms with Crippen molar-refractivity contribution in [2.75, 3.05) is 33.8 Å². The third kappa shape index (κ3) is 6.51.